The second-order valence-electron chi connectivity index (χ2n) is 6.80. The van der Waals surface area contributed by atoms with Crippen molar-refractivity contribution in [1.29, 1.82) is 0 Å². The number of alkyl halides is 2. The Hall–Kier alpha value is -1.83. The number of carbonyl (C=O) groups excluding carboxylic acids is 1. The SMILES string of the molecule is COc1ccc(C2(C(=O)N3CSC[C@@H]3C(=O)O)CCC(F)(F)CC2)cc1. The minimum absolute atomic E-state index is 0.00132. The summed E-state index contributed by atoms with van der Waals surface area (Å²) in [6.07, 6.45) is -0.773. The second-order valence-corrected chi connectivity index (χ2v) is 7.80. The van der Waals surface area contributed by atoms with Gasteiger partial charge in [-0.05, 0) is 30.5 Å². The van der Waals surface area contributed by atoms with Crippen LogP contribution in [0.25, 0.3) is 0 Å². The van der Waals surface area contributed by atoms with Crippen molar-refractivity contribution in [3.05, 3.63) is 29.8 Å². The van der Waals surface area contributed by atoms with Crippen LogP contribution in [0.15, 0.2) is 24.3 Å². The lowest BCUT2D eigenvalue weighted by Gasteiger charge is -2.42. The normalized spacial score (nSPS) is 24.3. The van der Waals surface area contributed by atoms with Crippen LogP contribution >= 0.6 is 11.8 Å². The van der Waals surface area contributed by atoms with Crippen LogP contribution in [0.4, 0.5) is 8.78 Å². The number of carboxylic acid groups (broad SMARTS) is 1. The minimum atomic E-state index is -2.79. The highest BCUT2D eigenvalue weighted by molar-refractivity contribution is 7.99. The zero-order valence-electron chi connectivity index (χ0n) is 14.4. The number of methoxy groups -OCH3 is 1. The van der Waals surface area contributed by atoms with Gasteiger partial charge < -0.3 is 14.7 Å². The first-order valence-electron chi connectivity index (χ1n) is 8.43. The predicted molar refractivity (Wildman–Crippen MR) is 93.7 cm³/mol. The molecule has 0 bridgehead atoms. The summed E-state index contributed by atoms with van der Waals surface area (Å²) in [5, 5.41) is 9.39. The maximum absolute atomic E-state index is 13.8. The molecule has 1 amide bonds. The van der Waals surface area contributed by atoms with Crippen LogP contribution in [-0.2, 0) is 15.0 Å². The van der Waals surface area contributed by atoms with Crippen molar-refractivity contribution >= 4 is 23.6 Å². The fraction of sp³-hybridized carbons (Fsp3) is 0.556. The number of amides is 1. The number of aliphatic carboxylic acids is 1. The molecule has 26 heavy (non-hydrogen) atoms. The third-order valence-corrected chi connectivity index (χ3v) is 6.33. The van der Waals surface area contributed by atoms with Crippen LogP contribution in [0, 0.1) is 0 Å². The van der Waals surface area contributed by atoms with Crippen molar-refractivity contribution in [3.8, 4) is 5.75 Å². The molecule has 1 N–H and O–H groups in total. The van der Waals surface area contributed by atoms with E-state index in [4.69, 9.17) is 4.74 Å². The molecule has 1 saturated carbocycles. The maximum atomic E-state index is 13.8. The van der Waals surface area contributed by atoms with E-state index in [2.05, 4.69) is 0 Å². The number of benzene rings is 1. The van der Waals surface area contributed by atoms with E-state index in [1.54, 1.807) is 24.3 Å². The van der Waals surface area contributed by atoms with Crippen molar-refractivity contribution in [2.24, 2.45) is 0 Å². The first kappa shape index (κ1) is 18.9. The highest BCUT2D eigenvalue weighted by Gasteiger charge is 2.52. The van der Waals surface area contributed by atoms with Gasteiger partial charge in [0.2, 0.25) is 11.8 Å². The van der Waals surface area contributed by atoms with Gasteiger partial charge in [-0.15, -0.1) is 11.8 Å². The molecular weight excluding hydrogens is 364 g/mol. The Morgan fingerprint density at radius 3 is 2.35 bits per heavy atom. The van der Waals surface area contributed by atoms with E-state index in [1.165, 1.54) is 23.8 Å². The van der Waals surface area contributed by atoms with E-state index < -0.39 is 23.3 Å². The highest BCUT2D eigenvalue weighted by Crippen LogP contribution is 2.47. The molecule has 2 aliphatic rings. The molecule has 1 saturated heterocycles. The maximum Gasteiger partial charge on any atom is 0.327 e. The molecule has 1 aromatic rings. The molecule has 1 aliphatic carbocycles. The summed E-state index contributed by atoms with van der Waals surface area (Å²) in [5.74, 6) is -3.02. The van der Waals surface area contributed by atoms with Crippen LogP contribution in [0.3, 0.4) is 0 Å². The van der Waals surface area contributed by atoms with Gasteiger partial charge >= 0.3 is 5.97 Å². The zero-order chi connectivity index (χ0) is 18.9. The molecule has 0 aromatic heterocycles. The molecule has 1 aliphatic heterocycles. The van der Waals surface area contributed by atoms with Crippen LogP contribution in [0.2, 0.25) is 0 Å². The number of halogens is 2. The van der Waals surface area contributed by atoms with Crippen molar-refractivity contribution in [1.82, 2.24) is 4.90 Å². The molecular formula is C18H21F2NO4S. The Balaban J connectivity index is 1.97. The molecule has 142 valence electrons. The summed E-state index contributed by atoms with van der Waals surface area (Å²) in [6.45, 7) is 0. The molecule has 1 atom stereocenters. The second kappa shape index (κ2) is 7.06. The Morgan fingerprint density at radius 2 is 1.81 bits per heavy atom. The minimum Gasteiger partial charge on any atom is -0.497 e. The number of carbonyl (C=O) groups is 2. The summed E-state index contributed by atoms with van der Waals surface area (Å²) in [7, 11) is 1.52. The lowest BCUT2D eigenvalue weighted by Crippen LogP contribution is -2.53. The van der Waals surface area contributed by atoms with Gasteiger partial charge in [0, 0.05) is 18.6 Å². The lowest BCUT2D eigenvalue weighted by molar-refractivity contribution is -0.153. The van der Waals surface area contributed by atoms with Gasteiger partial charge in [-0.2, -0.15) is 0 Å². The molecule has 0 unspecified atom stereocenters. The van der Waals surface area contributed by atoms with Gasteiger partial charge in [-0.1, -0.05) is 12.1 Å². The van der Waals surface area contributed by atoms with Crippen LogP contribution in [-0.4, -0.2) is 52.6 Å². The molecule has 5 nitrogen and oxygen atoms in total. The average molecular weight is 385 g/mol. The molecule has 3 rings (SSSR count). The summed E-state index contributed by atoms with van der Waals surface area (Å²) in [6, 6.07) is 5.93. The Morgan fingerprint density at radius 1 is 1.19 bits per heavy atom. The number of hydrogen-bond acceptors (Lipinski definition) is 4. The number of nitrogens with zero attached hydrogens (tertiary/aromatic N) is 1. The first-order valence-corrected chi connectivity index (χ1v) is 9.58. The Bertz CT molecular complexity index is 685. The topological polar surface area (TPSA) is 66.8 Å². The number of rotatable bonds is 4. The van der Waals surface area contributed by atoms with Gasteiger partial charge in [0.05, 0.1) is 18.4 Å². The Kier molecular flexibility index (Phi) is 5.14. The fourth-order valence-corrected chi connectivity index (χ4v) is 4.85. The van der Waals surface area contributed by atoms with Crippen LogP contribution in [0.1, 0.15) is 31.2 Å². The molecule has 2 fully saturated rings. The predicted octanol–water partition coefficient (Wildman–Crippen LogP) is 3.13. The van der Waals surface area contributed by atoms with Crippen molar-refractivity contribution in [2.45, 2.75) is 43.1 Å². The number of ether oxygens (including phenoxy) is 1. The standard InChI is InChI=1S/C18H21F2NO4S/c1-25-13-4-2-12(3-5-13)17(6-8-18(19,20)9-7-17)16(24)21-11-26-10-14(21)15(22)23/h2-5,14H,6-11H2,1H3,(H,22,23)/t14-/m1/s1. The van der Waals surface area contributed by atoms with E-state index >= 15 is 0 Å². The third kappa shape index (κ3) is 3.39. The monoisotopic (exact) mass is 385 g/mol. The lowest BCUT2D eigenvalue weighted by atomic mass is 9.67. The smallest absolute Gasteiger partial charge is 0.327 e. The zero-order valence-corrected chi connectivity index (χ0v) is 15.2. The van der Waals surface area contributed by atoms with Gasteiger partial charge in [-0.3, -0.25) is 4.79 Å². The van der Waals surface area contributed by atoms with Crippen LogP contribution in [0.5, 0.6) is 5.75 Å². The molecule has 8 heteroatoms. The third-order valence-electron chi connectivity index (χ3n) is 5.32. The molecule has 0 radical (unpaired) electrons. The van der Waals surface area contributed by atoms with Gasteiger partial charge in [0.15, 0.2) is 0 Å². The van der Waals surface area contributed by atoms with Gasteiger partial charge in [-0.25, -0.2) is 13.6 Å². The van der Waals surface area contributed by atoms with E-state index in [9.17, 15) is 23.5 Å². The Labute approximate surface area is 154 Å². The fourth-order valence-electron chi connectivity index (χ4n) is 3.70. The van der Waals surface area contributed by atoms with E-state index in [-0.39, 0.29) is 37.5 Å². The van der Waals surface area contributed by atoms with Crippen molar-refractivity contribution in [2.75, 3.05) is 18.7 Å². The number of hydrogen-bond donors (Lipinski definition) is 1. The molecule has 1 aromatic carbocycles. The van der Waals surface area contributed by atoms with Gasteiger partial charge in [0.25, 0.3) is 0 Å². The van der Waals surface area contributed by atoms with E-state index in [0.717, 1.165) is 0 Å². The quantitative estimate of drug-likeness (QED) is 0.863. The van der Waals surface area contributed by atoms with E-state index in [1.807, 2.05) is 0 Å². The largest absolute Gasteiger partial charge is 0.497 e. The summed E-state index contributed by atoms with van der Waals surface area (Å²) >= 11 is 1.37. The number of carboxylic acids is 1. The summed E-state index contributed by atoms with van der Waals surface area (Å²) in [5.41, 5.74) is -0.480. The summed E-state index contributed by atoms with van der Waals surface area (Å²) in [4.78, 5) is 26.2. The van der Waals surface area contributed by atoms with Gasteiger partial charge in [0.1, 0.15) is 11.8 Å². The highest BCUT2D eigenvalue weighted by atomic mass is 32.2. The number of thioether (sulfide) groups is 1. The van der Waals surface area contributed by atoms with E-state index in [0.29, 0.717) is 17.1 Å². The first-order chi connectivity index (χ1) is 12.3. The molecule has 1 heterocycles. The summed E-state index contributed by atoms with van der Waals surface area (Å²) < 4.78 is 32.7. The van der Waals surface area contributed by atoms with Crippen molar-refractivity contribution < 1.29 is 28.2 Å². The average Bonchev–Trinajstić information content (AvgIpc) is 3.12. The van der Waals surface area contributed by atoms with Crippen LogP contribution < -0.4 is 4.74 Å². The molecule has 0 spiro atoms. The van der Waals surface area contributed by atoms with Crippen molar-refractivity contribution in [3.63, 3.8) is 0 Å².